The number of nitrogens with zero attached hydrogens (tertiary/aromatic N) is 2. The van der Waals surface area contributed by atoms with Crippen LogP contribution in [0.2, 0.25) is 0 Å². The maximum atomic E-state index is 12.5. The van der Waals surface area contributed by atoms with Gasteiger partial charge in [0, 0.05) is 48.7 Å². The summed E-state index contributed by atoms with van der Waals surface area (Å²) in [5, 5.41) is 0. The number of hydrogen-bond acceptors (Lipinski definition) is 3. The standard InChI is InChI=1S/C24H27BrN2O3/c1-30-22-12-11-21(25)18-20(22)10-13-24(29)27-16-14-26(15-17-27)23(28)9-5-8-19-6-3-2-4-7-19/h2-4,6-7,10-13,18H,5,8-9,14-17H2,1H3/b13-10+. The third-order valence-corrected chi connectivity index (χ3v) is 5.73. The first-order valence-electron chi connectivity index (χ1n) is 10.2. The molecule has 3 rings (SSSR count). The number of ether oxygens (including phenoxy) is 1. The Bertz CT molecular complexity index is 891. The molecule has 0 atom stereocenters. The number of rotatable bonds is 7. The molecule has 1 saturated heterocycles. The normalized spacial score (nSPS) is 14.2. The van der Waals surface area contributed by atoms with Crippen molar-refractivity contribution >= 4 is 33.8 Å². The van der Waals surface area contributed by atoms with Crippen molar-refractivity contribution in [1.29, 1.82) is 0 Å². The van der Waals surface area contributed by atoms with Crippen LogP contribution in [0, 0.1) is 0 Å². The fraction of sp³-hybridized carbons (Fsp3) is 0.333. The van der Waals surface area contributed by atoms with Crippen LogP contribution < -0.4 is 4.74 Å². The van der Waals surface area contributed by atoms with Crippen molar-refractivity contribution in [1.82, 2.24) is 9.80 Å². The lowest BCUT2D eigenvalue weighted by atomic mass is 10.1. The van der Waals surface area contributed by atoms with Crippen LogP contribution in [0.3, 0.4) is 0 Å². The predicted molar refractivity (Wildman–Crippen MR) is 122 cm³/mol. The summed E-state index contributed by atoms with van der Waals surface area (Å²) in [7, 11) is 1.61. The molecule has 0 N–H and O–H groups in total. The average Bonchev–Trinajstić information content (AvgIpc) is 2.78. The zero-order chi connectivity index (χ0) is 21.3. The van der Waals surface area contributed by atoms with Crippen LogP contribution in [0.1, 0.15) is 24.0 Å². The van der Waals surface area contributed by atoms with Gasteiger partial charge >= 0.3 is 0 Å². The van der Waals surface area contributed by atoms with Crippen LogP contribution >= 0.6 is 15.9 Å². The maximum Gasteiger partial charge on any atom is 0.246 e. The number of carbonyl (C=O) groups is 2. The molecule has 2 aromatic carbocycles. The monoisotopic (exact) mass is 470 g/mol. The first-order chi connectivity index (χ1) is 14.6. The molecule has 1 aliphatic heterocycles. The van der Waals surface area contributed by atoms with Gasteiger partial charge in [-0.2, -0.15) is 0 Å². The molecule has 0 aromatic heterocycles. The van der Waals surface area contributed by atoms with Crippen molar-refractivity contribution in [2.24, 2.45) is 0 Å². The number of carbonyl (C=O) groups excluding carboxylic acids is 2. The van der Waals surface area contributed by atoms with Gasteiger partial charge in [0.1, 0.15) is 5.75 Å². The Hall–Kier alpha value is -2.60. The molecule has 1 heterocycles. The van der Waals surface area contributed by atoms with Gasteiger partial charge in [0.2, 0.25) is 11.8 Å². The van der Waals surface area contributed by atoms with E-state index in [1.54, 1.807) is 24.2 Å². The molecule has 30 heavy (non-hydrogen) atoms. The number of halogens is 1. The Kier molecular flexibility index (Phi) is 8.08. The fourth-order valence-electron chi connectivity index (χ4n) is 3.52. The molecule has 0 spiro atoms. The van der Waals surface area contributed by atoms with Crippen molar-refractivity contribution in [2.45, 2.75) is 19.3 Å². The predicted octanol–water partition coefficient (Wildman–Crippen LogP) is 4.16. The maximum absolute atomic E-state index is 12.5. The van der Waals surface area contributed by atoms with E-state index in [1.165, 1.54) is 5.56 Å². The van der Waals surface area contributed by atoms with Gasteiger partial charge in [0.25, 0.3) is 0 Å². The zero-order valence-corrected chi connectivity index (χ0v) is 18.8. The van der Waals surface area contributed by atoms with Gasteiger partial charge < -0.3 is 14.5 Å². The number of methoxy groups -OCH3 is 1. The highest BCUT2D eigenvalue weighted by Crippen LogP contribution is 2.24. The molecule has 6 heteroatoms. The van der Waals surface area contributed by atoms with Gasteiger partial charge in [-0.1, -0.05) is 46.3 Å². The van der Waals surface area contributed by atoms with Crippen molar-refractivity contribution in [3.05, 3.63) is 70.2 Å². The molecule has 1 aliphatic rings. The molecule has 2 amide bonds. The van der Waals surface area contributed by atoms with Gasteiger partial charge in [0.15, 0.2) is 0 Å². The van der Waals surface area contributed by atoms with E-state index in [9.17, 15) is 9.59 Å². The number of benzene rings is 2. The highest BCUT2D eigenvalue weighted by atomic mass is 79.9. The fourth-order valence-corrected chi connectivity index (χ4v) is 3.90. The highest BCUT2D eigenvalue weighted by molar-refractivity contribution is 9.10. The number of piperazine rings is 1. The van der Waals surface area contributed by atoms with Gasteiger partial charge in [0.05, 0.1) is 7.11 Å². The smallest absolute Gasteiger partial charge is 0.246 e. The first kappa shape index (κ1) is 22.1. The molecule has 0 aliphatic carbocycles. The summed E-state index contributed by atoms with van der Waals surface area (Å²) in [5.41, 5.74) is 2.10. The average molecular weight is 471 g/mol. The second-order valence-electron chi connectivity index (χ2n) is 7.26. The van der Waals surface area contributed by atoms with E-state index in [-0.39, 0.29) is 11.8 Å². The van der Waals surface area contributed by atoms with Crippen molar-refractivity contribution < 1.29 is 14.3 Å². The largest absolute Gasteiger partial charge is 0.496 e. The summed E-state index contributed by atoms with van der Waals surface area (Å²) < 4.78 is 6.26. The van der Waals surface area contributed by atoms with Crippen LogP contribution in [-0.4, -0.2) is 54.9 Å². The topological polar surface area (TPSA) is 49.9 Å². The highest BCUT2D eigenvalue weighted by Gasteiger charge is 2.22. The van der Waals surface area contributed by atoms with Crippen molar-refractivity contribution in [3.63, 3.8) is 0 Å². The minimum Gasteiger partial charge on any atom is -0.496 e. The van der Waals surface area contributed by atoms with E-state index in [0.29, 0.717) is 38.3 Å². The molecule has 0 radical (unpaired) electrons. The van der Waals surface area contributed by atoms with Gasteiger partial charge in [-0.15, -0.1) is 0 Å². The third kappa shape index (κ3) is 6.20. The Balaban J connectivity index is 1.45. The Morgan fingerprint density at radius 1 is 1.03 bits per heavy atom. The van der Waals surface area contributed by atoms with Crippen LogP contribution in [0.15, 0.2) is 59.1 Å². The Morgan fingerprint density at radius 3 is 2.43 bits per heavy atom. The molecular formula is C24H27BrN2O3. The zero-order valence-electron chi connectivity index (χ0n) is 17.2. The second-order valence-corrected chi connectivity index (χ2v) is 8.18. The molecule has 2 aromatic rings. The Labute approximate surface area is 186 Å². The van der Waals surface area contributed by atoms with E-state index in [4.69, 9.17) is 4.74 Å². The van der Waals surface area contributed by atoms with Crippen molar-refractivity contribution in [2.75, 3.05) is 33.3 Å². The summed E-state index contributed by atoms with van der Waals surface area (Å²) in [6.07, 6.45) is 5.65. The van der Waals surface area contributed by atoms with Gasteiger partial charge in [-0.25, -0.2) is 0 Å². The van der Waals surface area contributed by atoms with Crippen LogP contribution in [-0.2, 0) is 16.0 Å². The quantitative estimate of drug-likeness (QED) is 0.570. The molecule has 0 saturated carbocycles. The third-order valence-electron chi connectivity index (χ3n) is 5.24. The summed E-state index contributed by atoms with van der Waals surface area (Å²) in [4.78, 5) is 28.7. The summed E-state index contributed by atoms with van der Waals surface area (Å²) >= 11 is 3.44. The molecule has 5 nitrogen and oxygen atoms in total. The molecule has 0 unspecified atom stereocenters. The number of aryl methyl sites for hydroxylation is 1. The van der Waals surface area contributed by atoms with Crippen LogP contribution in [0.25, 0.3) is 6.08 Å². The van der Waals surface area contributed by atoms with Crippen molar-refractivity contribution in [3.8, 4) is 5.75 Å². The van der Waals surface area contributed by atoms with E-state index < -0.39 is 0 Å². The minimum absolute atomic E-state index is 0.0480. The van der Waals surface area contributed by atoms with Crippen LogP contribution in [0.4, 0.5) is 0 Å². The number of hydrogen-bond donors (Lipinski definition) is 0. The lowest BCUT2D eigenvalue weighted by molar-refractivity contribution is -0.137. The van der Waals surface area contributed by atoms with Gasteiger partial charge in [-0.05, 0) is 42.7 Å². The second kappa shape index (κ2) is 11.0. The Morgan fingerprint density at radius 2 is 1.73 bits per heavy atom. The first-order valence-corrected chi connectivity index (χ1v) is 11.0. The number of amides is 2. The van der Waals surface area contributed by atoms with Gasteiger partial charge in [-0.3, -0.25) is 9.59 Å². The summed E-state index contributed by atoms with van der Waals surface area (Å²) in [6, 6.07) is 15.9. The van der Waals surface area contributed by atoms with E-state index in [0.717, 1.165) is 22.9 Å². The lowest BCUT2D eigenvalue weighted by Crippen LogP contribution is -2.50. The van der Waals surface area contributed by atoms with E-state index >= 15 is 0 Å². The van der Waals surface area contributed by atoms with E-state index in [1.807, 2.05) is 41.3 Å². The van der Waals surface area contributed by atoms with Crippen LogP contribution in [0.5, 0.6) is 5.75 Å². The molecular weight excluding hydrogens is 444 g/mol. The molecule has 0 bridgehead atoms. The summed E-state index contributed by atoms with van der Waals surface area (Å²) in [6.45, 7) is 2.29. The minimum atomic E-state index is -0.0480. The molecule has 1 fully saturated rings. The van der Waals surface area contributed by atoms with E-state index in [2.05, 4.69) is 28.1 Å². The lowest BCUT2D eigenvalue weighted by Gasteiger charge is -2.34. The SMILES string of the molecule is COc1ccc(Br)cc1/C=C/C(=O)N1CCN(C(=O)CCCc2ccccc2)CC1. The summed E-state index contributed by atoms with van der Waals surface area (Å²) in [5.74, 6) is 0.841. The molecule has 158 valence electrons.